The third-order valence-electron chi connectivity index (χ3n) is 4.35. The molecule has 2 atom stereocenters. The molecule has 0 heterocycles. The molecule has 3 N–H and O–H groups in total. The lowest BCUT2D eigenvalue weighted by Crippen LogP contribution is -2.41. The second kappa shape index (κ2) is 6.14. The predicted molar refractivity (Wildman–Crippen MR) is 83.7 cm³/mol. The van der Waals surface area contributed by atoms with Crippen LogP contribution >= 0.6 is 11.6 Å². The number of benzene rings is 2. The van der Waals surface area contributed by atoms with Crippen LogP contribution in [0.4, 0.5) is 4.39 Å². The summed E-state index contributed by atoms with van der Waals surface area (Å²) in [6, 6.07) is 13.5. The van der Waals surface area contributed by atoms with Crippen LogP contribution in [0.5, 0.6) is 0 Å². The molecule has 4 heteroatoms. The van der Waals surface area contributed by atoms with E-state index in [4.69, 9.17) is 17.4 Å². The Kier molecular flexibility index (Phi) is 4.24. The monoisotopic (exact) mass is 304 g/mol. The molecule has 3 rings (SSSR count). The van der Waals surface area contributed by atoms with E-state index < -0.39 is 0 Å². The molecule has 0 spiro atoms. The lowest BCUT2D eigenvalue weighted by Gasteiger charge is -2.24. The van der Waals surface area contributed by atoms with Crippen molar-refractivity contribution in [2.75, 3.05) is 0 Å². The van der Waals surface area contributed by atoms with Gasteiger partial charge >= 0.3 is 0 Å². The Morgan fingerprint density at radius 1 is 1.24 bits per heavy atom. The summed E-state index contributed by atoms with van der Waals surface area (Å²) in [5.41, 5.74) is 6.17. The first-order chi connectivity index (χ1) is 10.2. The van der Waals surface area contributed by atoms with E-state index in [2.05, 4.69) is 23.6 Å². The molecule has 2 aromatic rings. The van der Waals surface area contributed by atoms with Crippen molar-refractivity contribution in [2.45, 2.75) is 31.2 Å². The van der Waals surface area contributed by atoms with E-state index in [0.717, 1.165) is 12.8 Å². The van der Waals surface area contributed by atoms with Crippen LogP contribution in [0.25, 0.3) is 0 Å². The van der Waals surface area contributed by atoms with Crippen molar-refractivity contribution in [3.8, 4) is 0 Å². The van der Waals surface area contributed by atoms with E-state index >= 15 is 0 Å². The fraction of sp³-hybridized carbons (Fsp3) is 0.294. The molecule has 0 amide bonds. The topological polar surface area (TPSA) is 38.0 Å². The molecule has 2 aromatic carbocycles. The van der Waals surface area contributed by atoms with Gasteiger partial charge in [0.1, 0.15) is 5.82 Å². The minimum Gasteiger partial charge on any atom is -0.271 e. The van der Waals surface area contributed by atoms with Crippen LogP contribution in [0, 0.1) is 5.82 Å². The molecule has 0 fully saturated rings. The second-order valence-electron chi connectivity index (χ2n) is 5.53. The number of nitrogens with two attached hydrogens (primary N) is 1. The van der Waals surface area contributed by atoms with Crippen LogP contribution in [0.1, 0.15) is 29.0 Å². The second-order valence-corrected chi connectivity index (χ2v) is 5.94. The highest BCUT2D eigenvalue weighted by Gasteiger charge is 2.29. The number of fused-ring (bicyclic) bond motifs is 1. The molecule has 21 heavy (non-hydrogen) atoms. The van der Waals surface area contributed by atoms with Gasteiger partial charge in [0.15, 0.2) is 0 Å². The number of nitrogens with one attached hydrogen (secondary N) is 1. The van der Waals surface area contributed by atoms with E-state index in [1.165, 1.54) is 11.1 Å². The Morgan fingerprint density at radius 2 is 2.05 bits per heavy atom. The molecular weight excluding hydrogens is 287 g/mol. The highest BCUT2D eigenvalue weighted by Crippen LogP contribution is 2.36. The minimum absolute atomic E-state index is 0.00150. The summed E-state index contributed by atoms with van der Waals surface area (Å²) in [5, 5.41) is 0.162. The summed E-state index contributed by atoms with van der Waals surface area (Å²) in [6.07, 6.45) is 2.62. The average Bonchev–Trinajstić information content (AvgIpc) is 2.93. The Morgan fingerprint density at radius 3 is 2.86 bits per heavy atom. The lowest BCUT2D eigenvalue weighted by atomic mass is 9.89. The molecule has 0 aliphatic heterocycles. The van der Waals surface area contributed by atoms with Crippen LogP contribution < -0.4 is 11.3 Å². The van der Waals surface area contributed by atoms with Gasteiger partial charge in [0.05, 0.1) is 5.02 Å². The maximum Gasteiger partial charge on any atom is 0.145 e. The standard InChI is InChI=1S/C17H18ClFN2/c18-15-7-3-5-12(17(15)19)10-16(21-20)14-9-8-11-4-1-2-6-13(11)14/h1-7,14,16,21H,8-10,20H2. The summed E-state index contributed by atoms with van der Waals surface area (Å²) >= 11 is 5.85. The first-order valence-corrected chi connectivity index (χ1v) is 7.55. The summed E-state index contributed by atoms with van der Waals surface area (Å²) in [7, 11) is 0. The van der Waals surface area contributed by atoms with Crippen LogP contribution in [0.15, 0.2) is 42.5 Å². The maximum atomic E-state index is 14.1. The van der Waals surface area contributed by atoms with Gasteiger partial charge in [0.25, 0.3) is 0 Å². The van der Waals surface area contributed by atoms with Crippen molar-refractivity contribution >= 4 is 11.6 Å². The van der Waals surface area contributed by atoms with E-state index in [0.29, 0.717) is 17.9 Å². The number of hydrogen-bond donors (Lipinski definition) is 2. The summed E-state index contributed by atoms with van der Waals surface area (Å²) in [4.78, 5) is 0. The Balaban J connectivity index is 1.85. The van der Waals surface area contributed by atoms with Crippen molar-refractivity contribution in [2.24, 2.45) is 5.84 Å². The number of hydrogen-bond acceptors (Lipinski definition) is 2. The zero-order valence-corrected chi connectivity index (χ0v) is 12.4. The van der Waals surface area contributed by atoms with E-state index in [-0.39, 0.29) is 16.9 Å². The smallest absolute Gasteiger partial charge is 0.145 e. The van der Waals surface area contributed by atoms with Crippen LogP contribution in [0.2, 0.25) is 5.02 Å². The van der Waals surface area contributed by atoms with Crippen molar-refractivity contribution in [1.82, 2.24) is 5.43 Å². The van der Waals surface area contributed by atoms with Crippen LogP contribution in [-0.4, -0.2) is 6.04 Å². The fourth-order valence-corrected chi connectivity index (χ4v) is 3.46. The quantitative estimate of drug-likeness (QED) is 0.669. The van der Waals surface area contributed by atoms with E-state index in [1.807, 2.05) is 6.07 Å². The van der Waals surface area contributed by atoms with Crippen molar-refractivity contribution in [3.05, 3.63) is 70.0 Å². The Bertz CT molecular complexity index is 644. The molecule has 0 aromatic heterocycles. The highest BCUT2D eigenvalue weighted by atomic mass is 35.5. The molecule has 0 saturated carbocycles. The number of aryl methyl sites for hydroxylation is 1. The van der Waals surface area contributed by atoms with Crippen molar-refractivity contribution in [1.29, 1.82) is 0 Å². The van der Waals surface area contributed by atoms with Gasteiger partial charge in [-0.1, -0.05) is 48.0 Å². The minimum atomic E-state index is -0.342. The summed E-state index contributed by atoms with van der Waals surface area (Å²) in [6.45, 7) is 0. The molecule has 2 unspecified atom stereocenters. The number of hydrazine groups is 1. The van der Waals surface area contributed by atoms with Gasteiger partial charge in [0, 0.05) is 12.0 Å². The van der Waals surface area contributed by atoms with Gasteiger partial charge in [-0.05, 0) is 42.0 Å². The predicted octanol–water partition coefficient (Wildman–Crippen LogP) is 3.58. The van der Waals surface area contributed by atoms with Crippen LogP contribution in [0.3, 0.4) is 0 Å². The van der Waals surface area contributed by atoms with Crippen LogP contribution in [-0.2, 0) is 12.8 Å². The third-order valence-corrected chi connectivity index (χ3v) is 4.64. The highest BCUT2D eigenvalue weighted by molar-refractivity contribution is 6.30. The zero-order valence-electron chi connectivity index (χ0n) is 11.7. The average molecular weight is 305 g/mol. The maximum absolute atomic E-state index is 14.1. The zero-order chi connectivity index (χ0) is 14.8. The molecule has 0 saturated heterocycles. The van der Waals surface area contributed by atoms with E-state index in [9.17, 15) is 4.39 Å². The normalized spacial score (nSPS) is 18.5. The molecule has 0 bridgehead atoms. The van der Waals surface area contributed by atoms with Crippen molar-refractivity contribution < 1.29 is 4.39 Å². The molecule has 2 nitrogen and oxygen atoms in total. The van der Waals surface area contributed by atoms with E-state index in [1.54, 1.807) is 18.2 Å². The lowest BCUT2D eigenvalue weighted by molar-refractivity contribution is 0.428. The van der Waals surface area contributed by atoms with Gasteiger partial charge in [-0.2, -0.15) is 0 Å². The molecule has 0 radical (unpaired) electrons. The Hall–Kier alpha value is -1.42. The molecule has 1 aliphatic carbocycles. The third kappa shape index (κ3) is 2.82. The molecular formula is C17H18ClFN2. The molecule has 1 aliphatic rings. The van der Waals surface area contributed by atoms with Gasteiger partial charge in [-0.15, -0.1) is 0 Å². The SMILES string of the molecule is NNC(Cc1cccc(Cl)c1F)C1CCc2ccccc21. The summed E-state index contributed by atoms with van der Waals surface area (Å²) in [5.74, 6) is 5.71. The number of halogens is 2. The number of rotatable bonds is 4. The van der Waals surface area contributed by atoms with Crippen molar-refractivity contribution in [3.63, 3.8) is 0 Å². The first kappa shape index (κ1) is 14.5. The van der Waals surface area contributed by atoms with Gasteiger partial charge in [-0.25, -0.2) is 4.39 Å². The Labute approximate surface area is 129 Å². The van der Waals surface area contributed by atoms with Gasteiger partial charge in [0.2, 0.25) is 0 Å². The summed E-state index contributed by atoms with van der Waals surface area (Å²) < 4.78 is 14.1. The van der Waals surface area contributed by atoms with Gasteiger partial charge < -0.3 is 0 Å². The molecule has 110 valence electrons. The fourth-order valence-electron chi connectivity index (χ4n) is 3.27. The largest absolute Gasteiger partial charge is 0.271 e. The van der Waals surface area contributed by atoms with Gasteiger partial charge in [-0.3, -0.25) is 11.3 Å². The first-order valence-electron chi connectivity index (χ1n) is 7.17.